The second-order valence-corrected chi connectivity index (χ2v) is 10.6. The summed E-state index contributed by atoms with van der Waals surface area (Å²) in [6, 6.07) is 3.57. The van der Waals surface area contributed by atoms with Gasteiger partial charge in [0.15, 0.2) is 11.9 Å². The van der Waals surface area contributed by atoms with E-state index in [2.05, 4.69) is 0 Å². The summed E-state index contributed by atoms with van der Waals surface area (Å²) in [6.45, 7) is 1.51. The van der Waals surface area contributed by atoms with Gasteiger partial charge in [0.2, 0.25) is 12.1 Å². The number of aliphatic hydroxyl groups excluding tert-OH is 4. The molecule has 0 amide bonds. The number of phenolic OH excluding ortho intramolecular Hbond substituents is 2. The molecule has 0 aromatic heterocycles. The van der Waals surface area contributed by atoms with Crippen LogP contribution in [0, 0.1) is 0 Å². The highest BCUT2D eigenvalue weighted by Gasteiger charge is 2.54. The van der Waals surface area contributed by atoms with Gasteiger partial charge in [-0.05, 0) is 12.5 Å². The van der Waals surface area contributed by atoms with Gasteiger partial charge in [0.25, 0.3) is 0 Å². The largest absolute Gasteiger partial charge is 0.507 e. The molecule has 0 saturated carbocycles. The number of methoxy groups -OCH3 is 1. The van der Waals surface area contributed by atoms with E-state index in [1.807, 2.05) is 0 Å². The second-order valence-electron chi connectivity index (χ2n) is 10.6. The first-order valence-corrected chi connectivity index (χ1v) is 13.1. The second kappa shape index (κ2) is 10.6. The molecule has 15 nitrogen and oxygen atoms in total. The van der Waals surface area contributed by atoms with Crippen molar-refractivity contribution in [3.05, 3.63) is 51.6 Å². The number of benzene rings is 2. The summed E-state index contributed by atoms with van der Waals surface area (Å²) in [5.41, 5.74) is -5.25. The fourth-order valence-electron chi connectivity index (χ4n) is 6.05. The van der Waals surface area contributed by atoms with Crippen LogP contribution in [-0.4, -0.2) is 108 Å². The Morgan fingerprint density at radius 2 is 1.58 bits per heavy atom. The summed E-state index contributed by atoms with van der Waals surface area (Å²) in [7, 11) is 1.02. The number of aliphatic carboxylic acids is 1. The van der Waals surface area contributed by atoms with Gasteiger partial charge in [0.05, 0.1) is 35.5 Å². The lowest BCUT2D eigenvalue weighted by atomic mass is 9.66. The van der Waals surface area contributed by atoms with E-state index in [0.717, 1.165) is 13.2 Å². The lowest BCUT2D eigenvalue weighted by Gasteiger charge is -2.42. The van der Waals surface area contributed by atoms with Crippen LogP contribution in [0.25, 0.3) is 0 Å². The van der Waals surface area contributed by atoms with Crippen molar-refractivity contribution in [2.24, 2.45) is 0 Å². The number of aromatic hydroxyl groups is 2. The first-order chi connectivity index (χ1) is 20.2. The van der Waals surface area contributed by atoms with E-state index in [1.54, 1.807) is 0 Å². The number of esters is 1. The number of rotatable bonds is 5. The Kier molecular flexibility index (Phi) is 7.44. The summed E-state index contributed by atoms with van der Waals surface area (Å²) in [4.78, 5) is 52.0. The Morgan fingerprint density at radius 3 is 2.19 bits per heavy atom. The van der Waals surface area contributed by atoms with Crippen LogP contribution < -0.4 is 4.74 Å². The molecule has 8 atom stereocenters. The molecule has 0 bridgehead atoms. The van der Waals surface area contributed by atoms with Crippen LogP contribution >= 0.6 is 0 Å². The minimum absolute atomic E-state index is 0.0967. The van der Waals surface area contributed by atoms with Gasteiger partial charge in [-0.1, -0.05) is 19.1 Å². The fourth-order valence-corrected chi connectivity index (χ4v) is 6.05. The summed E-state index contributed by atoms with van der Waals surface area (Å²) in [6.07, 6.45) is -12.3. The molecule has 8 N–H and O–H groups in total. The maximum absolute atomic E-state index is 13.9. The maximum Gasteiger partial charge on any atom is 0.335 e. The van der Waals surface area contributed by atoms with E-state index >= 15 is 0 Å². The first-order valence-electron chi connectivity index (χ1n) is 13.1. The van der Waals surface area contributed by atoms with E-state index in [1.165, 1.54) is 19.1 Å². The van der Waals surface area contributed by atoms with Crippen molar-refractivity contribution in [1.82, 2.24) is 0 Å². The quantitative estimate of drug-likeness (QED) is 0.128. The normalized spacial score (nSPS) is 31.5. The highest BCUT2D eigenvalue weighted by Crippen LogP contribution is 2.56. The number of ether oxygens (including phenoxy) is 3. The number of aliphatic hydroxyl groups is 5. The van der Waals surface area contributed by atoms with Gasteiger partial charge in [-0.2, -0.15) is 0 Å². The smallest absolute Gasteiger partial charge is 0.335 e. The fraction of sp³-hybridized carbons (Fsp3) is 0.429. The monoisotopic (exact) mass is 604 g/mol. The zero-order valence-corrected chi connectivity index (χ0v) is 22.6. The summed E-state index contributed by atoms with van der Waals surface area (Å²) in [5, 5.41) is 84.6. The Labute approximate surface area is 242 Å². The van der Waals surface area contributed by atoms with Crippen LogP contribution in [0.15, 0.2) is 18.2 Å². The lowest BCUT2D eigenvalue weighted by Crippen LogP contribution is -2.61. The average Bonchev–Trinajstić information content (AvgIpc) is 2.96. The topological polar surface area (TPSA) is 258 Å². The average molecular weight is 605 g/mol. The maximum atomic E-state index is 13.9. The van der Waals surface area contributed by atoms with Crippen molar-refractivity contribution >= 4 is 23.5 Å². The van der Waals surface area contributed by atoms with Crippen LogP contribution in [0.3, 0.4) is 0 Å². The Morgan fingerprint density at radius 1 is 0.953 bits per heavy atom. The van der Waals surface area contributed by atoms with Crippen LogP contribution in [0.4, 0.5) is 0 Å². The first kappa shape index (κ1) is 30.3. The van der Waals surface area contributed by atoms with E-state index in [4.69, 9.17) is 14.2 Å². The minimum atomic E-state index is -2.03. The molecule has 230 valence electrons. The third-order valence-electron chi connectivity index (χ3n) is 8.29. The Balaban J connectivity index is 1.66. The molecular formula is C28H28O15. The predicted molar refractivity (Wildman–Crippen MR) is 138 cm³/mol. The molecule has 1 fully saturated rings. The van der Waals surface area contributed by atoms with Crippen LogP contribution in [0.2, 0.25) is 0 Å². The third-order valence-corrected chi connectivity index (χ3v) is 8.29. The number of carbonyl (C=O) groups is 4. The van der Waals surface area contributed by atoms with Crippen LogP contribution in [0.5, 0.6) is 17.2 Å². The van der Waals surface area contributed by atoms with Crippen molar-refractivity contribution < 1.29 is 74.2 Å². The van der Waals surface area contributed by atoms with Gasteiger partial charge in [-0.25, -0.2) is 4.79 Å². The SMILES string of the molecule is CC[C@@]1(O)C[C@H](O)c2c(O)c3c(c(O)c2[C@H]1C(=O)OC)C(=O)c1cccc(OC2OC(C(=O)O)C(O)C(O)C2O)c1C3=O. The predicted octanol–water partition coefficient (Wildman–Crippen LogP) is -1.02. The number of carboxylic acids is 1. The van der Waals surface area contributed by atoms with Gasteiger partial charge in [-0.3, -0.25) is 14.4 Å². The molecular weight excluding hydrogens is 576 g/mol. The minimum Gasteiger partial charge on any atom is -0.507 e. The molecule has 5 rings (SSSR count). The molecule has 1 aliphatic heterocycles. The van der Waals surface area contributed by atoms with Crippen molar-refractivity contribution in [2.75, 3.05) is 7.11 Å². The molecule has 1 heterocycles. The van der Waals surface area contributed by atoms with Gasteiger partial charge in [-0.15, -0.1) is 0 Å². The third kappa shape index (κ3) is 4.35. The van der Waals surface area contributed by atoms with E-state index in [9.17, 15) is 60.0 Å². The molecule has 1 saturated heterocycles. The number of ketones is 2. The Hall–Kier alpha value is -4.12. The van der Waals surface area contributed by atoms with Crippen molar-refractivity contribution in [3.63, 3.8) is 0 Å². The van der Waals surface area contributed by atoms with Gasteiger partial charge < -0.3 is 55.1 Å². The molecule has 5 unspecified atom stereocenters. The molecule has 2 aromatic rings. The summed E-state index contributed by atoms with van der Waals surface area (Å²) >= 11 is 0. The number of carboxylic acid groups (broad SMARTS) is 1. The summed E-state index contributed by atoms with van der Waals surface area (Å²) < 4.78 is 15.5. The van der Waals surface area contributed by atoms with Crippen molar-refractivity contribution in [2.45, 2.75) is 68.1 Å². The number of carbonyl (C=O) groups excluding carboxylic acids is 3. The number of phenols is 2. The molecule has 2 aromatic carbocycles. The van der Waals surface area contributed by atoms with Crippen molar-refractivity contribution in [3.8, 4) is 17.2 Å². The molecule has 0 spiro atoms. The lowest BCUT2D eigenvalue weighted by molar-refractivity contribution is -0.271. The van der Waals surface area contributed by atoms with Crippen LogP contribution in [0.1, 0.15) is 74.8 Å². The number of fused-ring (bicyclic) bond motifs is 3. The molecule has 15 heteroatoms. The zero-order valence-electron chi connectivity index (χ0n) is 22.6. The number of hydrogen-bond acceptors (Lipinski definition) is 14. The molecule has 3 aliphatic rings. The zero-order chi connectivity index (χ0) is 31.7. The van der Waals surface area contributed by atoms with Gasteiger partial charge in [0, 0.05) is 23.1 Å². The van der Waals surface area contributed by atoms with Crippen molar-refractivity contribution in [1.29, 1.82) is 0 Å². The van der Waals surface area contributed by atoms with E-state index < -0.39 is 123 Å². The van der Waals surface area contributed by atoms with Crippen LogP contribution in [-0.2, 0) is 19.1 Å². The standard InChI is InChI=1S/C28H28O15/c1-3-28(40)7-9(29)12-13(16(28)26(39)41-2)20(33)14-15(19(12)32)18(31)11-8(17(14)30)5-4-6-10(11)42-27-23(36)21(34)22(35)24(43-27)25(37)38/h4-6,9,16,21-24,27,29,32-36,40H,3,7H2,1-2H3,(H,37,38)/t9-,16-,21?,22?,23?,24?,27?,28+/m0/s1. The van der Waals surface area contributed by atoms with E-state index in [0.29, 0.717) is 0 Å². The van der Waals surface area contributed by atoms with Gasteiger partial charge >= 0.3 is 11.9 Å². The summed E-state index contributed by atoms with van der Waals surface area (Å²) in [5.74, 6) is -8.84. The molecule has 2 aliphatic carbocycles. The van der Waals surface area contributed by atoms with Gasteiger partial charge in [0.1, 0.15) is 41.5 Å². The molecule has 0 radical (unpaired) electrons. The van der Waals surface area contributed by atoms with E-state index in [-0.39, 0.29) is 12.0 Å². The Bertz CT molecular complexity index is 1550. The highest BCUT2D eigenvalue weighted by atomic mass is 16.7. The molecule has 43 heavy (non-hydrogen) atoms. The number of hydrogen-bond donors (Lipinski definition) is 8. The highest BCUT2D eigenvalue weighted by molar-refractivity contribution is 6.31.